The highest BCUT2D eigenvalue weighted by Crippen LogP contribution is 2.31. The molecule has 9 heteroatoms. The van der Waals surface area contributed by atoms with Crippen molar-refractivity contribution in [1.82, 2.24) is 24.5 Å². The molecule has 7 nitrogen and oxygen atoms in total. The van der Waals surface area contributed by atoms with E-state index in [1.807, 2.05) is 10.7 Å². The van der Waals surface area contributed by atoms with E-state index in [0.717, 1.165) is 12.8 Å². The molecule has 1 aliphatic carbocycles. The number of nitrogens with zero attached hydrogens (tertiary/aromatic N) is 5. The largest absolute Gasteiger partial charge is 0.310 e. The van der Waals surface area contributed by atoms with Gasteiger partial charge in [-0.15, -0.1) is 10.2 Å². The fraction of sp³-hybridized carbons (Fsp3) is 0.333. The summed E-state index contributed by atoms with van der Waals surface area (Å²) in [5, 5.41) is 15.6. The number of hydrogen-bond donors (Lipinski definition) is 1. The summed E-state index contributed by atoms with van der Waals surface area (Å²) >= 11 is 1.21. The van der Waals surface area contributed by atoms with E-state index in [1.54, 1.807) is 24.4 Å². The molecule has 0 atom stereocenters. The molecule has 4 rings (SSSR count). The molecule has 1 aliphatic rings. The van der Waals surface area contributed by atoms with E-state index in [4.69, 9.17) is 0 Å². The predicted octanol–water partition coefficient (Wildman–Crippen LogP) is 3.45. The van der Waals surface area contributed by atoms with Crippen LogP contribution in [0.1, 0.15) is 31.7 Å². The molecular weight excluding hydrogens is 367 g/mol. The Labute approximate surface area is 160 Å². The number of benzene rings is 1. The number of halogens is 1. The Kier molecular flexibility index (Phi) is 5.19. The van der Waals surface area contributed by atoms with Crippen LogP contribution in [0.4, 0.5) is 10.2 Å². The van der Waals surface area contributed by atoms with Gasteiger partial charge in [-0.1, -0.05) is 36.7 Å². The second kappa shape index (κ2) is 7.91. The number of amides is 1. The van der Waals surface area contributed by atoms with E-state index >= 15 is 0 Å². The Morgan fingerprint density at radius 3 is 2.89 bits per heavy atom. The van der Waals surface area contributed by atoms with Crippen LogP contribution in [0.3, 0.4) is 0 Å². The maximum absolute atomic E-state index is 14.0. The molecular formula is C18H19FN6OS. The molecule has 0 saturated heterocycles. The standard InChI is InChI=1S/C18H19FN6OS/c19-14-7-3-4-8-15(14)24-12-20-23-18(24)27-11-17(26)22-16-9-10-21-25(16)13-5-1-2-6-13/h3-4,7-10,12-13H,1-2,5-6,11H2,(H,22,26). The van der Waals surface area contributed by atoms with Crippen molar-refractivity contribution < 1.29 is 9.18 Å². The lowest BCUT2D eigenvalue weighted by atomic mass is 10.2. The van der Waals surface area contributed by atoms with Gasteiger partial charge in [0.15, 0.2) is 5.16 Å². The molecule has 3 aromatic rings. The van der Waals surface area contributed by atoms with Gasteiger partial charge in [0.2, 0.25) is 5.91 Å². The molecule has 2 heterocycles. The number of aromatic nitrogens is 5. The summed E-state index contributed by atoms with van der Waals surface area (Å²) in [6.07, 6.45) is 7.71. The first-order chi connectivity index (χ1) is 13.2. The summed E-state index contributed by atoms with van der Waals surface area (Å²) in [7, 11) is 0. The molecule has 140 valence electrons. The van der Waals surface area contributed by atoms with Crippen molar-refractivity contribution in [1.29, 1.82) is 0 Å². The Bertz CT molecular complexity index is 933. The summed E-state index contributed by atoms with van der Waals surface area (Å²) in [4.78, 5) is 12.4. The summed E-state index contributed by atoms with van der Waals surface area (Å²) in [5.74, 6) is 0.318. The third-order valence-electron chi connectivity index (χ3n) is 4.57. The zero-order chi connectivity index (χ0) is 18.6. The molecule has 1 N–H and O–H groups in total. The fourth-order valence-corrected chi connectivity index (χ4v) is 4.02. The van der Waals surface area contributed by atoms with E-state index in [-0.39, 0.29) is 17.5 Å². The van der Waals surface area contributed by atoms with Crippen LogP contribution in [0.15, 0.2) is 48.0 Å². The van der Waals surface area contributed by atoms with Gasteiger partial charge in [0.25, 0.3) is 0 Å². The van der Waals surface area contributed by atoms with Crippen LogP contribution in [-0.2, 0) is 4.79 Å². The summed E-state index contributed by atoms with van der Waals surface area (Å²) in [6.45, 7) is 0. The van der Waals surface area contributed by atoms with Crippen LogP contribution in [0.5, 0.6) is 0 Å². The van der Waals surface area contributed by atoms with Crippen LogP contribution >= 0.6 is 11.8 Å². The Morgan fingerprint density at radius 1 is 1.26 bits per heavy atom. The molecule has 1 amide bonds. The van der Waals surface area contributed by atoms with Crippen LogP contribution in [0, 0.1) is 5.82 Å². The van der Waals surface area contributed by atoms with E-state index in [1.165, 1.54) is 41.6 Å². The van der Waals surface area contributed by atoms with Gasteiger partial charge in [0.1, 0.15) is 18.0 Å². The van der Waals surface area contributed by atoms with Crippen molar-refractivity contribution in [3.63, 3.8) is 0 Å². The molecule has 0 unspecified atom stereocenters. The quantitative estimate of drug-likeness (QED) is 0.657. The van der Waals surface area contributed by atoms with Crippen molar-refractivity contribution >= 4 is 23.5 Å². The lowest BCUT2D eigenvalue weighted by Gasteiger charge is -2.14. The number of rotatable bonds is 6. The van der Waals surface area contributed by atoms with Gasteiger partial charge >= 0.3 is 0 Å². The zero-order valence-corrected chi connectivity index (χ0v) is 15.4. The van der Waals surface area contributed by atoms with Crippen molar-refractivity contribution in [2.24, 2.45) is 0 Å². The van der Waals surface area contributed by atoms with Crippen LogP contribution in [-0.4, -0.2) is 36.2 Å². The number of anilines is 1. The van der Waals surface area contributed by atoms with Gasteiger partial charge in [-0.3, -0.25) is 9.36 Å². The van der Waals surface area contributed by atoms with Gasteiger partial charge in [0.05, 0.1) is 23.7 Å². The third kappa shape index (κ3) is 3.87. The molecule has 0 radical (unpaired) electrons. The van der Waals surface area contributed by atoms with Gasteiger partial charge < -0.3 is 5.32 Å². The Morgan fingerprint density at radius 2 is 2.07 bits per heavy atom. The van der Waals surface area contributed by atoms with Gasteiger partial charge in [0, 0.05) is 6.07 Å². The predicted molar refractivity (Wildman–Crippen MR) is 100 cm³/mol. The maximum atomic E-state index is 14.0. The van der Waals surface area contributed by atoms with Crippen molar-refractivity contribution in [2.75, 3.05) is 11.1 Å². The molecule has 0 aliphatic heterocycles. The number of thioether (sulfide) groups is 1. The maximum Gasteiger partial charge on any atom is 0.235 e. The SMILES string of the molecule is O=C(CSc1nncn1-c1ccccc1F)Nc1ccnn1C1CCCC1. The normalized spacial score (nSPS) is 14.6. The lowest BCUT2D eigenvalue weighted by Crippen LogP contribution is -2.19. The van der Waals surface area contributed by atoms with E-state index in [9.17, 15) is 9.18 Å². The number of nitrogens with one attached hydrogen (secondary N) is 1. The highest BCUT2D eigenvalue weighted by molar-refractivity contribution is 7.99. The molecule has 0 bridgehead atoms. The highest BCUT2D eigenvalue weighted by Gasteiger charge is 2.21. The lowest BCUT2D eigenvalue weighted by molar-refractivity contribution is -0.113. The van der Waals surface area contributed by atoms with Crippen molar-refractivity contribution in [2.45, 2.75) is 36.9 Å². The monoisotopic (exact) mass is 386 g/mol. The average molecular weight is 386 g/mol. The number of hydrogen-bond acceptors (Lipinski definition) is 5. The van der Waals surface area contributed by atoms with E-state index in [2.05, 4.69) is 20.6 Å². The Hall–Kier alpha value is -2.68. The van der Waals surface area contributed by atoms with E-state index in [0.29, 0.717) is 22.7 Å². The molecule has 1 aromatic carbocycles. The van der Waals surface area contributed by atoms with Crippen molar-refractivity contribution in [3.8, 4) is 5.69 Å². The molecule has 2 aromatic heterocycles. The minimum absolute atomic E-state index is 0.142. The first-order valence-corrected chi connectivity index (χ1v) is 9.82. The second-order valence-electron chi connectivity index (χ2n) is 6.37. The number of carbonyl (C=O) groups excluding carboxylic acids is 1. The zero-order valence-electron chi connectivity index (χ0n) is 14.6. The van der Waals surface area contributed by atoms with Crippen molar-refractivity contribution in [3.05, 3.63) is 48.7 Å². The van der Waals surface area contributed by atoms with Gasteiger partial charge in [-0.05, 0) is 25.0 Å². The second-order valence-corrected chi connectivity index (χ2v) is 7.31. The smallest absolute Gasteiger partial charge is 0.235 e. The molecule has 1 saturated carbocycles. The first-order valence-electron chi connectivity index (χ1n) is 8.83. The van der Waals surface area contributed by atoms with Gasteiger partial charge in [-0.25, -0.2) is 9.07 Å². The molecule has 1 fully saturated rings. The van der Waals surface area contributed by atoms with E-state index < -0.39 is 0 Å². The minimum Gasteiger partial charge on any atom is -0.310 e. The van der Waals surface area contributed by atoms with Crippen LogP contribution in [0.25, 0.3) is 5.69 Å². The summed E-state index contributed by atoms with van der Waals surface area (Å²) in [5.41, 5.74) is 0.352. The molecule has 0 spiro atoms. The highest BCUT2D eigenvalue weighted by atomic mass is 32.2. The Balaban J connectivity index is 1.41. The van der Waals surface area contributed by atoms with Crippen LogP contribution < -0.4 is 5.32 Å². The summed E-state index contributed by atoms with van der Waals surface area (Å²) < 4.78 is 17.4. The molecule has 27 heavy (non-hydrogen) atoms. The van der Waals surface area contributed by atoms with Crippen LogP contribution in [0.2, 0.25) is 0 Å². The number of para-hydroxylation sites is 1. The topological polar surface area (TPSA) is 77.6 Å². The minimum atomic E-state index is -0.371. The number of carbonyl (C=O) groups is 1. The third-order valence-corrected chi connectivity index (χ3v) is 5.51. The van der Waals surface area contributed by atoms with Gasteiger partial charge in [-0.2, -0.15) is 5.10 Å². The first kappa shape index (κ1) is 17.7. The fourth-order valence-electron chi connectivity index (χ4n) is 3.30. The summed E-state index contributed by atoms with van der Waals surface area (Å²) in [6, 6.07) is 8.54. The average Bonchev–Trinajstić information content (AvgIpc) is 3.41.